The average Bonchev–Trinajstić information content (AvgIpc) is 2.19. The van der Waals surface area contributed by atoms with Crippen LogP contribution in [0.15, 0.2) is 30.3 Å². The van der Waals surface area contributed by atoms with E-state index in [1.165, 1.54) is 12.8 Å². The Balaban J connectivity index is 2.56. The lowest BCUT2D eigenvalue weighted by Crippen LogP contribution is -2.20. The molecule has 1 aromatic rings. The first-order valence-electron chi connectivity index (χ1n) is 5.44. The molecule has 1 nitrogen and oxygen atoms in total. The van der Waals surface area contributed by atoms with Crippen LogP contribution in [0.25, 0.3) is 0 Å². The van der Waals surface area contributed by atoms with Crippen LogP contribution in [0.5, 0.6) is 0 Å². The summed E-state index contributed by atoms with van der Waals surface area (Å²) in [5.74, 6) is 0. The summed E-state index contributed by atoms with van der Waals surface area (Å²) in [6, 6.07) is 9.91. The molecule has 0 unspecified atom stereocenters. The predicted octanol–water partition coefficient (Wildman–Crippen LogP) is 3.47. The molecule has 0 saturated carbocycles. The van der Waals surface area contributed by atoms with Gasteiger partial charge in [-0.2, -0.15) is 0 Å². The van der Waals surface area contributed by atoms with Gasteiger partial charge in [0.15, 0.2) is 0 Å². The van der Waals surface area contributed by atoms with E-state index in [1.54, 1.807) is 0 Å². The second-order valence-electron chi connectivity index (χ2n) is 4.10. The van der Waals surface area contributed by atoms with Gasteiger partial charge in [0.1, 0.15) is 0 Å². The first-order chi connectivity index (χ1) is 6.67. The summed E-state index contributed by atoms with van der Waals surface area (Å²) >= 11 is 0. The van der Waals surface area contributed by atoms with E-state index in [1.807, 2.05) is 37.3 Å². The fraction of sp³-hybridized carbons (Fsp3) is 0.538. The zero-order valence-corrected chi connectivity index (χ0v) is 9.16. The topological polar surface area (TPSA) is 20.2 Å². The van der Waals surface area contributed by atoms with Gasteiger partial charge < -0.3 is 5.11 Å². The van der Waals surface area contributed by atoms with Crippen molar-refractivity contribution < 1.29 is 5.11 Å². The summed E-state index contributed by atoms with van der Waals surface area (Å²) in [5.41, 5.74) is 0.368. The van der Waals surface area contributed by atoms with Crippen molar-refractivity contribution >= 4 is 0 Å². The molecule has 0 heterocycles. The third kappa shape index (κ3) is 3.15. The average molecular weight is 192 g/mol. The molecule has 0 fully saturated rings. The van der Waals surface area contributed by atoms with Crippen molar-refractivity contribution in [3.8, 4) is 0 Å². The second kappa shape index (κ2) is 5.16. The van der Waals surface area contributed by atoms with E-state index in [0.29, 0.717) is 0 Å². The van der Waals surface area contributed by atoms with Crippen LogP contribution in [0.4, 0.5) is 0 Å². The highest BCUT2D eigenvalue weighted by Crippen LogP contribution is 2.26. The fourth-order valence-corrected chi connectivity index (χ4v) is 1.66. The predicted molar refractivity (Wildman–Crippen MR) is 60.2 cm³/mol. The summed E-state index contributed by atoms with van der Waals surface area (Å²) in [6.07, 6.45) is 4.34. The van der Waals surface area contributed by atoms with Gasteiger partial charge in [0.25, 0.3) is 0 Å². The molecule has 1 aromatic carbocycles. The maximum atomic E-state index is 10.2. The number of benzene rings is 1. The second-order valence-corrected chi connectivity index (χ2v) is 4.10. The van der Waals surface area contributed by atoms with E-state index in [-0.39, 0.29) is 0 Å². The van der Waals surface area contributed by atoms with Gasteiger partial charge in [-0.05, 0) is 18.9 Å². The number of aliphatic hydroxyl groups is 1. The van der Waals surface area contributed by atoms with Crippen LogP contribution in [0.3, 0.4) is 0 Å². The Bertz CT molecular complexity index is 251. The monoisotopic (exact) mass is 192 g/mol. The molecular weight excluding hydrogens is 172 g/mol. The fourth-order valence-electron chi connectivity index (χ4n) is 1.66. The van der Waals surface area contributed by atoms with E-state index in [9.17, 15) is 5.11 Å². The molecule has 0 aliphatic heterocycles. The van der Waals surface area contributed by atoms with Crippen molar-refractivity contribution in [3.05, 3.63) is 35.9 Å². The van der Waals surface area contributed by atoms with Gasteiger partial charge in [0, 0.05) is 0 Å². The van der Waals surface area contributed by atoms with E-state index in [4.69, 9.17) is 0 Å². The molecule has 1 rings (SSSR count). The van der Waals surface area contributed by atoms with Crippen molar-refractivity contribution in [2.75, 3.05) is 0 Å². The maximum Gasteiger partial charge on any atom is 0.0868 e. The Labute approximate surface area is 86.8 Å². The van der Waals surface area contributed by atoms with E-state index in [0.717, 1.165) is 18.4 Å². The first-order valence-corrected chi connectivity index (χ1v) is 5.44. The van der Waals surface area contributed by atoms with Crippen molar-refractivity contribution in [3.63, 3.8) is 0 Å². The van der Waals surface area contributed by atoms with Crippen molar-refractivity contribution in [1.82, 2.24) is 0 Å². The summed E-state index contributed by atoms with van der Waals surface area (Å²) in [5, 5.41) is 10.2. The smallest absolute Gasteiger partial charge is 0.0868 e. The quantitative estimate of drug-likeness (QED) is 0.708. The zero-order chi connectivity index (χ0) is 10.4. The molecule has 1 heteroatoms. The summed E-state index contributed by atoms with van der Waals surface area (Å²) in [4.78, 5) is 0. The zero-order valence-electron chi connectivity index (χ0n) is 9.16. The van der Waals surface area contributed by atoms with Gasteiger partial charge in [-0.25, -0.2) is 0 Å². The largest absolute Gasteiger partial charge is 0.385 e. The van der Waals surface area contributed by atoms with E-state index < -0.39 is 5.60 Å². The van der Waals surface area contributed by atoms with Crippen molar-refractivity contribution in [2.24, 2.45) is 0 Å². The molecule has 0 aliphatic rings. The normalized spacial score (nSPS) is 15.1. The van der Waals surface area contributed by atoms with Gasteiger partial charge in [0.2, 0.25) is 0 Å². The minimum Gasteiger partial charge on any atom is -0.385 e. The van der Waals surface area contributed by atoms with Gasteiger partial charge in [-0.1, -0.05) is 56.5 Å². The molecule has 1 N–H and O–H groups in total. The lowest BCUT2D eigenvalue weighted by Gasteiger charge is -2.23. The van der Waals surface area contributed by atoms with Crippen molar-refractivity contribution in [2.45, 2.75) is 45.1 Å². The van der Waals surface area contributed by atoms with Crippen LogP contribution in [0.2, 0.25) is 0 Å². The maximum absolute atomic E-state index is 10.2. The van der Waals surface area contributed by atoms with Crippen LogP contribution in [0.1, 0.15) is 45.1 Å². The van der Waals surface area contributed by atoms with Gasteiger partial charge in [-0.15, -0.1) is 0 Å². The van der Waals surface area contributed by atoms with E-state index >= 15 is 0 Å². The molecule has 0 radical (unpaired) electrons. The Kier molecular flexibility index (Phi) is 4.15. The Morgan fingerprint density at radius 2 is 1.79 bits per heavy atom. The molecule has 0 amide bonds. The highest BCUT2D eigenvalue weighted by molar-refractivity contribution is 5.21. The molecule has 0 saturated heterocycles. The summed E-state index contributed by atoms with van der Waals surface area (Å²) in [6.45, 7) is 4.08. The molecule has 0 bridgehead atoms. The lowest BCUT2D eigenvalue weighted by molar-refractivity contribution is 0.0450. The minimum absolute atomic E-state index is 0.656. The Morgan fingerprint density at radius 3 is 2.36 bits per heavy atom. The molecule has 0 aliphatic carbocycles. The van der Waals surface area contributed by atoms with Crippen LogP contribution in [-0.4, -0.2) is 5.11 Å². The molecular formula is C13H20O. The number of hydrogen-bond donors (Lipinski definition) is 1. The summed E-state index contributed by atoms with van der Waals surface area (Å²) in [7, 11) is 0. The Morgan fingerprint density at radius 1 is 1.14 bits per heavy atom. The van der Waals surface area contributed by atoms with Gasteiger partial charge >= 0.3 is 0 Å². The van der Waals surface area contributed by atoms with Crippen LogP contribution >= 0.6 is 0 Å². The molecule has 14 heavy (non-hydrogen) atoms. The summed E-state index contributed by atoms with van der Waals surface area (Å²) < 4.78 is 0. The molecule has 0 spiro atoms. The molecule has 1 atom stereocenters. The highest BCUT2D eigenvalue weighted by atomic mass is 16.3. The minimum atomic E-state index is -0.656. The van der Waals surface area contributed by atoms with E-state index in [2.05, 4.69) is 6.92 Å². The number of rotatable bonds is 5. The van der Waals surface area contributed by atoms with Gasteiger partial charge in [-0.3, -0.25) is 0 Å². The SMILES string of the molecule is CCCCC[C@](C)(O)c1ccccc1. The van der Waals surface area contributed by atoms with Crippen LogP contribution < -0.4 is 0 Å². The lowest BCUT2D eigenvalue weighted by atomic mass is 9.90. The van der Waals surface area contributed by atoms with Gasteiger partial charge in [0.05, 0.1) is 5.60 Å². The van der Waals surface area contributed by atoms with Crippen LogP contribution in [-0.2, 0) is 5.60 Å². The highest BCUT2D eigenvalue weighted by Gasteiger charge is 2.21. The standard InChI is InChI=1S/C13H20O/c1-3-4-8-11-13(2,14)12-9-6-5-7-10-12/h5-7,9-10,14H,3-4,8,11H2,1-2H3/t13-/m0/s1. The number of unbranched alkanes of at least 4 members (excludes halogenated alkanes) is 2. The third-order valence-corrected chi connectivity index (χ3v) is 2.66. The molecule has 0 aromatic heterocycles. The molecule has 78 valence electrons. The third-order valence-electron chi connectivity index (χ3n) is 2.66. The first kappa shape index (κ1) is 11.3. The number of hydrogen-bond acceptors (Lipinski definition) is 1. The van der Waals surface area contributed by atoms with Crippen molar-refractivity contribution in [1.29, 1.82) is 0 Å². The Hall–Kier alpha value is -0.820. The van der Waals surface area contributed by atoms with Crippen LogP contribution in [0, 0.1) is 0 Å².